The first-order chi connectivity index (χ1) is 6.24. The number of rotatable bonds is 1. The molecule has 7 nitrogen and oxygen atoms in total. The molecule has 0 aliphatic heterocycles. The zero-order chi connectivity index (χ0) is 9.68. The second-order valence-corrected chi connectivity index (χ2v) is 1.94. The van der Waals surface area contributed by atoms with Crippen molar-refractivity contribution in [1.82, 2.24) is 14.9 Å². The molecule has 0 saturated heterocycles. The van der Waals surface area contributed by atoms with E-state index in [1.807, 2.05) is 0 Å². The Morgan fingerprint density at radius 1 is 1.77 bits per heavy atom. The molecule has 1 aromatic rings. The van der Waals surface area contributed by atoms with Crippen molar-refractivity contribution in [3.8, 4) is 0 Å². The van der Waals surface area contributed by atoms with E-state index in [2.05, 4.69) is 19.8 Å². The third kappa shape index (κ3) is 2.55. The Bertz CT molecular complexity index is 359. The maximum absolute atomic E-state index is 10.8. The van der Waals surface area contributed by atoms with Gasteiger partial charge in [0, 0.05) is 0 Å². The topological polar surface area (TPSA) is 89.6 Å². The highest BCUT2D eigenvalue weighted by Crippen LogP contribution is 1.79. The number of ether oxygens (including phenoxy) is 1. The molecule has 70 valence electrons. The minimum absolute atomic E-state index is 0.216. The van der Waals surface area contributed by atoms with Gasteiger partial charge < -0.3 is 9.94 Å². The fourth-order valence-electron chi connectivity index (χ4n) is 0.607. The van der Waals surface area contributed by atoms with E-state index >= 15 is 0 Å². The largest absolute Gasteiger partial charge is 0.448 e. The van der Waals surface area contributed by atoms with Gasteiger partial charge in [-0.25, -0.2) is 9.78 Å². The molecule has 0 aromatic carbocycles. The van der Waals surface area contributed by atoms with Gasteiger partial charge in [-0.2, -0.15) is 0 Å². The molecule has 1 aromatic heterocycles. The van der Waals surface area contributed by atoms with E-state index in [1.165, 1.54) is 12.4 Å². The van der Waals surface area contributed by atoms with Gasteiger partial charge in [-0.1, -0.05) is 4.85 Å². The highest BCUT2D eigenvalue weighted by molar-refractivity contribution is 5.67. The zero-order valence-corrected chi connectivity index (χ0v) is 6.91. The molecule has 0 bridgehead atoms. The van der Waals surface area contributed by atoms with Crippen LogP contribution >= 0.6 is 0 Å². The van der Waals surface area contributed by atoms with E-state index in [-0.39, 0.29) is 12.2 Å². The third-order valence-electron chi connectivity index (χ3n) is 1.07. The molecular weight excluding hydrogens is 176 g/mol. The van der Waals surface area contributed by atoms with Gasteiger partial charge in [-0.05, 0) is 6.92 Å². The smallest absolute Gasteiger partial charge is 0.437 e. The molecule has 0 spiro atoms. The van der Waals surface area contributed by atoms with Crippen molar-refractivity contribution in [3.05, 3.63) is 18.0 Å². The summed E-state index contributed by atoms with van der Waals surface area (Å²) in [4.78, 5) is 18.1. The molecule has 13 heavy (non-hydrogen) atoms. The predicted octanol–water partition coefficient (Wildman–Crippen LogP) is -0.427. The fraction of sp³-hybridized carbons (Fsp3) is 0.333. The average Bonchev–Trinajstić information content (AvgIpc) is 2.09. The molecule has 0 atom stereocenters. The normalized spacial score (nSPS) is 11.3. The second-order valence-electron chi connectivity index (χ2n) is 1.94. The summed E-state index contributed by atoms with van der Waals surface area (Å²) in [5.41, 5.74) is -0.221. The molecule has 0 radical (unpaired) electrons. The summed E-state index contributed by atoms with van der Waals surface area (Å²) < 4.78 is 4.50. The molecule has 1 amide bonds. The molecule has 0 aliphatic rings. The van der Waals surface area contributed by atoms with Gasteiger partial charge in [-0.3, -0.25) is 0 Å². The van der Waals surface area contributed by atoms with E-state index in [0.717, 1.165) is 0 Å². The standard InChI is InChI=1S/C6H8N4O3/c1-2-13-6(11)9-5-7-3-4-8-10(5)12/h3-4,12H,2H2,1H3. The van der Waals surface area contributed by atoms with Gasteiger partial charge in [0.25, 0.3) is 5.62 Å². The van der Waals surface area contributed by atoms with E-state index in [0.29, 0.717) is 4.85 Å². The summed E-state index contributed by atoms with van der Waals surface area (Å²) >= 11 is 0. The Balaban J connectivity index is 2.94. The highest BCUT2D eigenvalue weighted by Gasteiger charge is 1.98. The first-order valence-electron chi connectivity index (χ1n) is 3.55. The van der Waals surface area contributed by atoms with Crippen LogP contribution in [0.15, 0.2) is 17.4 Å². The Morgan fingerprint density at radius 2 is 2.54 bits per heavy atom. The summed E-state index contributed by atoms with van der Waals surface area (Å²) in [5.74, 6) is 0. The predicted molar refractivity (Wildman–Crippen MR) is 39.8 cm³/mol. The number of aromatic nitrogens is 3. The van der Waals surface area contributed by atoms with Gasteiger partial charge in [0.05, 0.1) is 19.0 Å². The lowest BCUT2D eigenvalue weighted by Crippen LogP contribution is -2.25. The minimum atomic E-state index is -0.814. The number of carbonyl (C=O) groups excluding carboxylic acids is 1. The SMILES string of the molecule is CCOC(=O)N=c1nccnn1O. The summed E-state index contributed by atoms with van der Waals surface area (Å²) in [6.45, 7) is 1.87. The molecule has 7 heteroatoms. The van der Waals surface area contributed by atoms with Crippen LogP contribution in [0.4, 0.5) is 4.79 Å². The van der Waals surface area contributed by atoms with Crippen molar-refractivity contribution in [2.75, 3.05) is 6.61 Å². The first-order valence-corrected chi connectivity index (χ1v) is 3.55. The average molecular weight is 184 g/mol. The van der Waals surface area contributed by atoms with E-state index in [9.17, 15) is 4.79 Å². The van der Waals surface area contributed by atoms with Crippen LogP contribution in [0, 0.1) is 0 Å². The number of carbonyl (C=O) groups is 1. The van der Waals surface area contributed by atoms with Crippen molar-refractivity contribution in [1.29, 1.82) is 0 Å². The molecule has 1 heterocycles. The van der Waals surface area contributed by atoms with Crippen molar-refractivity contribution in [2.24, 2.45) is 4.99 Å². The van der Waals surface area contributed by atoms with Crippen LogP contribution in [0.5, 0.6) is 0 Å². The quantitative estimate of drug-likeness (QED) is 0.598. The van der Waals surface area contributed by atoms with Gasteiger partial charge in [-0.15, -0.1) is 10.1 Å². The van der Waals surface area contributed by atoms with Crippen molar-refractivity contribution >= 4 is 6.09 Å². The van der Waals surface area contributed by atoms with E-state index in [1.54, 1.807) is 6.92 Å². The number of hydrogen-bond donors (Lipinski definition) is 1. The molecule has 1 rings (SSSR count). The third-order valence-corrected chi connectivity index (χ3v) is 1.07. The van der Waals surface area contributed by atoms with Crippen LogP contribution in [0.25, 0.3) is 0 Å². The second kappa shape index (κ2) is 4.19. The van der Waals surface area contributed by atoms with E-state index < -0.39 is 6.09 Å². The summed E-state index contributed by atoms with van der Waals surface area (Å²) in [5, 5.41) is 12.4. The molecule has 0 unspecified atom stereocenters. The number of nitrogens with zero attached hydrogens (tertiary/aromatic N) is 4. The maximum atomic E-state index is 10.8. The van der Waals surface area contributed by atoms with Crippen molar-refractivity contribution < 1.29 is 14.7 Å². The first kappa shape index (κ1) is 9.17. The van der Waals surface area contributed by atoms with Crippen LogP contribution in [0.3, 0.4) is 0 Å². The minimum Gasteiger partial charge on any atom is -0.448 e. The summed E-state index contributed by atoms with van der Waals surface area (Å²) in [6, 6.07) is 0. The van der Waals surface area contributed by atoms with E-state index in [4.69, 9.17) is 5.21 Å². The monoisotopic (exact) mass is 184 g/mol. The summed E-state index contributed by atoms with van der Waals surface area (Å²) in [7, 11) is 0. The lowest BCUT2D eigenvalue weighted by Gasteiger charge is -1.95. The van der Waals surface area contributed by atoms with Gasteiger partial charge in [0.15, 0.2) is 0 Å². The van der Waals surface area contributed by atoms with Gasteiger partial charge in [0.1, 0.15) is 0 Å². The van der Waals surface area contributed by atoms with Crippen LogP contribution < -0.4 is 5.62 Å². The Labute approximate surface area is 73.3 Å². The highest BCUT2D eigenvalue weighted by atomic mass is 16.5. The molecular formula is C6H8N4O3. The number of amides is 1. The van der Waals surface area contributed by atoms with Crippen LogP contribution in [-0.4, -0.2) is 32.8 Å². The van der Waals surface area contributed by atoms with Crippen LogP contribution in [-0.2, 0) is 4.74 Å². The van der Waals surface area contributed by atoms with Crippen LogP contribution in [0.1, 0.15) is 6.92 Å². The molecule has 0 aliphatic carbocycles. The molecule has 0 fully saturated rings. The van der Waals surface area contributed by atoms with Gasteiger partial charge >= 0.3 is 6.09 Å². The summed E-state index contributed by atoms with van der Waals surface area (Å²) in [6.07, 6.45) is 1.74. The van der Waals surface area contributed by atoms with Crippen molar-refractivity contribution in [3.63, 3.8) is 0 Å². The Hall–Kier alpha value is -1.92. The lowest BCUT2D eigenvalue weighted by molar-refractivity contribution is 0.122. The lowest BCUT2D eigenvalue weighted by atomic mass is 10.8. The Morgan fingerprint density at radius 3 is 3.15 bits per heavy atom. The molecule has 1 N–H and O–H groups in total. The zero-order valence-electron chi connectivity index (χ0n) is 6.91. The maximum Gasteiger partial charge on any atom is 0.437 e. The number of hydrogen-bond acceptors (Lipinski definition) is 5. The van der Waals surface area contributed by atoms with Gasteiger partial charge in [0.2, 0.25) is 0 Å². The Kier molecular flexibility index (Phi) is 2.96. The van der Waals surface area contributed by atoms with Crippen molar-refractivity contribution in [2.45, 2.75) is 6.92 Å². The molecule has 0 saturated carbocycles. The fourth-order valence-corrected chi connectivity index (χ4v) is 0.607. The van der Waals surface area contributed by atoms with Crippen LogP contribution in [0.2, 0.25) is 0 Å².